The first-order chi connectivity index (χ1) is 14.5. The van der Waals surface area contributed by atoms with E-state index in [1.807, 2.05) is 36.6 Å². The molecule has 2 aromatic heterocycles. The molecule has 0 aliphatic rings. The van der Waals surface area contributed by atoms with E-state index in [9.17, 15) is 13.2 Å². The minimum atomic E-state index is -4.41. The number of alkyl halides is 3. The molecule has 0 unspecified atom stereocenters. The molecule has 0 aliphatic carbocycles. The summed E-state index contributed by atoms with van der Waals surface area (Å²) in [7, 11) is 0. The molecule has 0 saturated heterocycles. The predicted octanol–water partition coefficient (Wildman–Crippen LogP) is 5.83. The number of benzene rings is 2. The average molecular weight is 428 g/mol. The summed E-state index contributed by atoms with van der Waals surface area (Å²) in [5, 5.41) is 13.3. The van der Waals surface area contributed by atoms with Crippen molar-refractivity contribution in [2.45, 2.75) is 11.3 Å². The van der Waals surface area contributed by atoms with Gasteiger partial charge in [-0.3, -0.25) is 0 Å². The number of rotatable bonds is 5. The lowest BCUT2D eigenvalue weighted by Gasteiger charge is -2.07. The minimum absolute atomic E-state index is 0.319. The zero-order valence-corrected chi connectivity index (χ0v) is 16.5. The van der Waals surface area contributed by atoms with Crippen molar-refractivity contribution in [3.05, 3.63) is 78.1 Å². The first-order valence-electron chi connectivity index (χ1n) is 8.82. The molecule has 0 atom stereocenters. The van der Waals surface area contributed by atoms with E-state index < -0.39 is 11.7 Å². The van der Waals surface area contributed by atoms with Gasteiger partial charge in [-0.1, -0.05) is 54.2 Å². The molecule has 0 spiro atoms. The second kappa shape index (κ2) is 8.19. The van der Waals surface area contributed by atoms with Gasteiger partial charge < -0.3 is 4.42 Å². The number of hydrogen-bond acceptors (Lipinski definition) is 5. The minimum Gasteiger partial charge on any atom is -0.455 e. The SMILES string of the molecule is CSc1nnc(-c2ccccc2)n1N=Cc1ccc(-c2cccc(C(F)(F)F)c2)o1. The van der Waals surface area contributed by atoms with Gasteiger partial charge in [0.25, 0.3) is 0 Å². The molecule has 9 heteroatoms. The fourth-order valence-electron chi connectivity index (χ4n) is 2.80. The quantitative estimate of drug-likeness (QED) is 0.297. The van der Waals surface area contributed by atoms with E-state index in [1.54, 1.807) is 22.9 Å². The van der Waals surface area contributed by atoms with Gasteiger partial charge in [0, 0.05) is 11.1 Å². The van der Waals surface area contributed by atoms with E-state index >= 15 is 0 Å². The fourth-order valence-corrected chi connectivity index (χ4v) is 3.23. The predicted molar refractivity (Wildman–Crippen MR) is 109 cm³/mol. The Balaban J connectivity index is 1.63. The molecule has 2 heterocycles. The van der Waals surface area contributed by atoms with Crippen molar-refractivity contribution in [3.63, 3.8) is 0 Å². The first kappa shape index (κ1) is 20.0. The summed E-state index contributed by atoms with van der Waals surface area (Å²) in [5.74, 6) is 1.28. The molecule has 0 saturated carbocycles. The van der Waals surface area contributed by atoms with Crippen LogP contribution in [-0.2, 0) is 6.18 Å². The van der Waals surface area contributed by atoms with Crippen molar-refractivity contribution in [2.24, 2.45) is 5.10 Å². The Hall–Kier alpha value is -3.33. The molecule has 2 aromatic carbocycles. The van der Waals surface area contributed by atoms with Gasteiger partial charge in [-0.05, 0) is 30.5 Å². The zero-order chi connectivity index (χ0) is 21.1. The molecule has 5 nitrogen and oxygen atoms in total. The Morgan fingerprint density at radius 2 is 1.73 bits per heavy atom. The van der Waals surface area contributed by atoms with Gasteiger partial charge >= 0.3 is 6.18 Å². The van der Waals surface area contributed by atoms with Crippen LogP contribution in [0.25, 0.3) is 22.7 Å². The highest BCUT2D eigenvalue weighted by Gasteiger charge is 2.30. The van der Waals surface area contributed by atoms with Gasteiger partial charge in [-0.25, -0.2) is 0 Å². The van der Waals surface area contributed by atoms with Gasteiger partial charge in [0.1, 0.15) is 11.5 Å². The van der Waals surface area contributed by atoms with E-state index in [0.717, 1.165) is 17.7 Å². The summed E-state index contributed by atoms with van der Waals surface area (Å²) in [5.41, 5.74) is 0.461. The number of furan rings is 1. The Morgan fingerprint density at radius 3 is 2.47 bits per heavy atom. The molecule has 0 fully saturated rings. The first-order valence-corrected chi connectivity index (χ1v) is 10.0. The monoisotopic (exact) mass is 428 g/mol. The number of halogens is 3. The molecule has 0 aliphatic heterocycles. The summed E-state index contributed by atoms with van der Waals surface area (Å²) in [6.45, 7) is 0. The van der Waals surface area contributed by atoms with Crippen LogP contribution in [0.3, 0.4) is 0 Å². The molecule has 0 amide bonds. The molecule has 30 heavy (non-hydrogen) atoms. The zero-order valence-electron chi connectivity index (χ0n) is 15.7. The highest BCUT2D eigenvalue weighted by molar-refractivity contribution is 7.98. The molecule has 0 radical (unpaired) electrons. The molecule has 0 bridgehead atoms. The summed E-state index contributed by atoms with van der Waals surface area (Å²) >= 11 is 1.39. The van der Waals surface area contributed by atoms with Crippen LogP contribution in [0.4, 0.5) is 13.2 Å². The summed E-state index contributed by atoms with van der Waals surface area (Å²) in [6, 6.07) is 17.7. The molecule has 152 valence electrons. The summed E-state index contributed by atoms with van der Waals surface area (Å²) in [6.07, 6.45) is -1.07. The molecular formula is C21H15F3N4OS. The highest BCUT2D eigenvalue weighted by atomic mass is 32.2. The highest BCUT2D eigenvalue weighted by Crippen LogP contribution is 2.32. The van der Waals surface area contributed by atoms with Crippen molar-refractivity contribution in [3.8, 4) is 22.7 Å². The molecule has 4 rings (SSSR count). The topological polar surface area (TPSA) is 56.2 Å². The van der Waals surface area contributed by atoms with Crippen LogP contribution >= 0.6 is 11.8 Å². The maximum Gasteiger partial charge on any atom is 0.416 e. The second-order valence-electron chi connectivity index (χ2n) is 6.21. The van der Waals surface area contributed by atoms with Crippen LogP contribution in [0.2, 0.25) is 0 Å². The van der Waals surface area contributed by atoms with Gasteiger partial charge in [0.15, 0.2) is 5.82 Å². The Bertz CT molecular complexity index is 1180. The summed E-state index contributed by atoms with van der Waals surface area (Å²) < 4.78 is 46.1. The largest absolute Gasteiger partial charge is 0.455 e. The van der Waals surface area contributed by atoms with Crippen LogP contribution in [0.1, 0.15) is 11.3 Å². The Labute approximate surface area is 174 Å². The van der Waals surface area contributed by atoms with Crippen LogP contribution in [0, 0.1) is 0 Å². The van der Waals surface area contributed by atoms with Crippen LogP contribution in [0.5, 0.6) is 0 Å². The van der Waals surface area contributed by atoms with Crippen LogP contribution < -0.4 is 0 Å². The lowest BCUT2D eigenvalue weighted by Crippen LogP contribution is -2.04. The third kappa shape index (κ3) is 4.16. The van der Waals surface area contributed by atoms with Crippen LogP contribution in [0.15, 0.2) is 81.4 Å². The smallest absolute Gasteiger partial charge is 0.416 e. The third-order valence-corrected chi connectivity index (χ3v) is 4.85. The Kier molecular flexibility index (Phi) is 5.45. The van der Waals surface area contributed by atoms with Crippen molar-refractivity contribution >= 4 is 18.0 Å². The van der Waals surface area contributed by atoms with E-state index in [0.29, 0.717) is 28.1 Å². The van der Waals surface area contributed by atoms with Gasteiger partial charge in [-0.15, -0.1) is 10.2 Å². The third-order valence-electron chi connectivity index (χ3n) is 4.23. The van der Waals surface area contributed by atoms with E-state index in [2.05, 4.69) is 15.3 Å². The van der Waals surface area contributed by atoms with Gasteiger partial charge in [0.2, 0.25) is 5.16 Å². The maximum absolute atomic E-state index is 12.9. The second-order valence-corrected chi connectivity index (χ2v) is 6.99. The van der Waals surface area contributed by atoms with Crippen molar-refractivity contribution in [2.75, 3.05) is 6.26 Å². The number of aromatic nitrogens is 3. The van der Waals surface area contributed by atoms with Gasteiger partial charge in [-0.2, -0.15) is 22.9 Å². The Morgan fingerprint density at radius 1 is 0.967 bits per heavy atom. The molecular weight excluding hydrogens is 413 g/mol. The lowest BCUT2D eigenvalue weighted by molar-refractivity contribution is -0.137. The van der Waals surface area contributed by atoms with Crippen molar-refractivity contribution in [1.29, 1.82) is 0 Å². The van der Waals surface area contributed by atoms with E-state index in [4.69, 9.17) is 4.42 Å². The van der Waals surface area contributed by atoms with E-state index in [1.165, 1.54) is 24.0 Å². The number of nitrogens with zero attached hydrogens (tertiary/aromatic N) is 4. The molecule has 4 aromatic rings. The van der Waals surface area contributed by atoms with Crippen molar-refractivity contribution < 1.29 is 17.6 Å². The maximum atomic E-state index is 12.9. The number of hydrogen-bond donors (Lipinski definition) is 0. The average Bonchev–Trinajstić information content (AvgIpc) is 3.39. The van der Waals surface area contributed by atoms with Crippen LogP contribution in [-0.4, -0.2) is 27.3 Å². The molecule has 0 N–H and O–H groups in total. The number of thioether (sulfide) groups is 1. The van der Waals surface area contributed by atoms with Gasteiger partial charge in [0.05, 0.1) is 11.8 Å². The standard InChI is InChI=1S/C21H15F3N4OS/c1-30-20-27-26-19(14-6-3-2-4-7-14)28(20)25-13-17-10-11-18(29-17)15-8-5-9-16(12-15)21(22,23)24/h2-13H,1H3. The fraction of sp³-hybridized carbons (Fsp3) is 0.0952. The summed E-state index contributed by atoms with van der Waals surface area (Å²) in [4.78, 5) is 0. The normalized spacial score (nSPS) is 12.0. The van der Waals surface area contributed by atoms with E-state index in [-0.39, 0.29) is 0 Å². The van der Waals surface area contributed by atoms with Crippen molar-refractivity contribution in [1.82, 2.24) is 14.9 Å². The lowest BCUT2D eigenvalue weighted by atomic mass is 10.1.